The van der Waals surface area contributed by atoms with Crippen LogP contribution in [0.1, 0.15) is 73.0 Å². The minimum Gasteiger partial charge on any atom is -0.381 e. The predicted octanol–water partition coefficient (Wildman–Crippen LogP) is 5.07. The van der Waals surface area contributed by atoms with Gasteiger partial charge >= 0.3 is 0 Å². The first-order chi connectivity index (χ1) is 22.0. The van der Waals surface area contributed by atoms with E-state index in [-0.39, 0.29) is 23.8 Å². The number of amides is 3. The van der Waals surface area contributed by atoms with Crippen molar-refractivity contribution in [3.05, 3.63) is 71.1 Å². The summed E-state index contributed by atoms with van der Waals surface area (Å²) in [6, 6.07) is 19.0. The monoisotopic (exact) mass is 630 g/mol. The van der Waals surface area contributed by atoms with Gasteiger partial charge in [-0.15, -0.1) is 11.3 Å². The van der Waals surface area contributed by atoms with Crippen molar-refractivity contribution in [1.29, 1.82) is 0 Å². The van der Waals surface area contributed by atoms with Gasteiger partial charge in [-0.05, 0) is 80.5 Å². The first-order valence-electron chi connectivity index (χ1n) is 16.7. The van der Waals surface area contributed by atoms with Crippen LogP contribution in [0.4, 0.5) is 0 Å². The normalized spacial score (nSPS) is 20.1. The summed E-state index contributed by atoms with van der Waals surface area (Å²) >= 11 is 1.43. The number of benzene rings is 2. The number of fused-ring (bicyclic) bond motifs is 1. The molecule has 1 aliphatic carbocycles. The highest BCUT2D eigenvalue weighted by Crippen LogP contribution is 2.32. The molecule has 3 N–H and O–H groups in total. The fraction of sp³-hybridized carbons (Fsp3) is 0.528. The number of nitrogens with one attached hydrogen (secondary N) is 3. The van der Waals surface area contributed by atoms with Crippen LogP contribution in [0, 0.1) is 5.92 Å². The lowest BCUT2D eigenvalue weighted by Gasteiger charge is -2.35. The fourth-order valence-corrected chi connectivity index (χ4v) is 8.08. The zero-order valence-electron chi connectivity index (χ0n) is 26.1. The maximum absolute atomic E-state index is 14.0. The van der Waals surface area contributed by atoms with Gasteiger partial charge in [0.05, 0.1) is 4.88 Å². The number of thiophene rings is 1. The number of likely N-dealkylation sites (tertiary alicyclic amines) is 1. The highest BCUT2D eigenvalue weighted by atomic mass is 32.1. The van der Waals surface area contributed by atoms with Crippen LogP contribution < -0.4 is 16.0 Å². The Morgan fingerprint density at radius 2 is 1.64 bits per heavy atom. The molecule has 1 saturated carbocycles. The van der Waals surface area contributed by atoms with Crippen LogP contribution in [-0.4, -0.2) is 73.1 Å². The van der Waals surface area contributed by atoms with Gasteiger partial charge in [-0.3, -0.25) is 14.4 Å². The van der Waals surface area contributed by atoms with E-state index >= 15 is 0 Å². The van der Waals surface area contributed by atoms with Crippen LogP contribution in [0.15, 0.2) is 60.7 Å². The average molecular weight is 631 g/mol. The van der Waals surface area contributed by atoms with E-state index in [9.17, 15) is 14.4 Å². The highest BCUT2D eigenvalue weighted by Gasteiger charge is 2.44. The number of hydrogen-bond donors (Lipinski definition) is 3. The second-order valence-electron chi connectivity index (χ2n) is 13.1. The Labute approximate surface area is 270 Å². The van der Waals surface area contributed by atoms with E-state index in [1.54, 1.807) is 0 Å². The van der Waals surface area contributed by atoms with Crippen LogP contribution in [0.2, 0.25) is 0 Å². The van der Waals surface area contributed by atoms with E-state index in [0.29, 0.717) is 24.1 Å². The van der Waals surface area contributed by atoms with Gasteiger partial charge in [-0.2, -0.15) is 0 Å². The molecule has 3 aliphatic rings. The molecule has 3 aromatic rings. The molecular weight excluding hydrogens is 584 g/mol. The summed E-state index contributed by atoms with van der Waals surface area (Å²) in [5.74, 6) is 0.0997. The Morgan fingerprint density at radius 1 is 0.933 bits per heavy atom. The smallest absolute Gasteiger partial charge is 0.262 e. The quantitative estimate of drug-likeness (QED) is 0.275. The topological polar surface area (TPSA) is 99.8 Å². The average Bonchev–Trinajstić information content (AvgIpc) is 3.73. The van der Waals surface area contributed by atoms with E-state index in [1.165, 1.54) is 17.8 Å². The largest absolute Gasteiger partial charge is 0.381 e. The van der Waals surface area contributed by atoms with E-state index < -0.39 is 11.6 Å². The minimum atomic E-state index is -1.03. The number of piperidine rings is 1. The van der Waals surface area contributed by atoms with Crippen LogP contribution in [0.3, 0.4) is 0 Å². The van der Waals surface area contributed by atoms with Gasteiger partial charge in [-0.1, -0.05) is 61.4 Å². The minimum absolute atomic E-state index is 0.0834. The highest BCUT2D eigenvalue weighted by molar-refractivity contribution is 7.20. The summed E-state index contributed by atoms with van der Waals surface area (Å²) in [5.41, 5.74) is -0.0474. The summed E-state index contributed by atoms with van der Waals surface area (Å²) in [6.45, 7) is 4.82. The Hall–Kier alpha value is -3.27. The Kier molecular flexibility index (Phi) is 10.5. The molecule has 1 atom stereocenters. The number of carbonyl (C=O) groups excluding carboxylic acids is 3. The summed E-state index contributed by atoms with van der Waals surface area (Å²) in [7, 11) is 0. The van der Waals surface area contributed by atoms with Crippen molar-refractivity contribution >= 4 is 39.1 Å². The predicted molar refractivity (Wildman–Crippen MR) is 178 cm³/mol. The van der Waals surface area contributed by atoms with Gasteiger partial charge in [0, 0.05) is 43.5 Å². The Balaban J connectivity index is 1.09. The number of carbonyl (C=O) groups is 3. The third-order valence-electron chi connectivity index (χ3n) is 9.93. The molecule has 9 heteroatoms. The SMILES string of the molecule is O=C(NC1(C(=O)N[C@H](Cc2ccccc2)C(=O)NC2CCN(CCC3CCOCC3)CC2)CCCC1)c1cc2ccccc2s1. The van der Waals surface area contributed by atoms with E-state index in [1.807, 2.05) is 60.7 Å². The third-order valence-corrected chi connectivity index (χ3v) is 11.0. The maximum Gasteiger partial charge on any atom is 0.262 e. The molecule has 0 bridgehead atoms. The van der Waals surface area contributed by atoms with Crippen molar-refractivity contribution in [2.45, 2.75) is 81.8 Å². The lowest BCUT2D eigenvalue weighted by Crippen LogP contribution is -2.61. The second-order valence-corrected chi connectivity index (χ2v) is 14.2. The third kappa shape index (κ3) is 8.12. The lowest BCUT2D eigenvalue weighted by atomic mass is 9.94. The summed E-state index contributed by atoms with van der Waals surface area (Å²) < 4.78 is 6.54. The molecule has 2 aromatic carbocycles. The molecule has 240 valence electrons. The molecule has 1 aromatic heterocycles. The fourth-order valence-electron chi connectivity index (χ4n) is 7.12. The Bertz CT molecular complexity index is 1410. The molecule has 0 spiro atoms. The zero-order valence-corrected chi connectivity index (χ0v) is 26.9. The number of rotatable bonds is 11. The van der Waals surface area contributed by atoms with E-state index in [2.05, 4.69) is 20.9 Å². The van der Waals surface area contributed by atoms with Gasteiger partial charge in [0.2, 0.25) is 11.8 Å². The van der Waals surface area contributed by atoms with Gasteiger partial charge in [0.1, 0.15) is 11.6 Å². The van der Waals surface area contributed by atoms with Crippen molar-refractivity contribution in [3.8, 4) is 0 Å². The van der Waals surface area contributed by atoms with Gasteiger partial charge in [-0.25, -0.2) is 0 Å². The van der Waals surface area contributed by atoms with E-state index in [4.69, 9.17) is 4.74 Å². The standard InChI is InChI=1S/C36H46N4O4S/c41-33(37-29-13-20-40(21-14-29)19-12-26-15-22-44-23-16-26)30(24-27-8-2-1-3-9-27)38-35(43)36(17-6-7-18-36)39-34(42)32-25-28-10-4-5-11-31(28)45-32/h1-5,8-11,25-26,29-30H,6-7,12-24H2,(H,37,41)(H,38,43)(H,39,42)/t30-/m1/s1. The number of ether oxygens (including phenoxy) is 1. The van der Waals surface area contributed by atoms with E-state index in [0.717, 1.165) is 92.9 Å². The lowest BCUT2D eigenvalue weighted by molar-refractivity contribution is -0.133. The van der Waals surface area contributed by atoms with Crippen LogP contribution in [-0.2, 0) is 20.7 Å². The number of hydrogen-bond acceptors (Lipinski definition) is 6. The second kappa shape index (κ2) is 14.9. The molecule has 0 unspecified atom stereocenters. The number of nitrogens with zero attached hydrogens (tertiary/aromatic N) is 1. The molecule has 0 radical (unpaired) electrons. The maximum atomic E-state index is 14.0. The molecule has 8 nitrogen and oxygen atoms in total. The molecule has 6 rings (SSSR count). The molecule has 2 aliphatic heterocycles. The summed E-state index contributed by atoms with van der Waals surface area (Å²) in [5, 5.41) is 10.5. The zero-order chi connectivity index (χ0) is 31.1. The molecule has 2 saturated heterocycles. The van der Waals surface area contributed by atoms with Crippen LogP contribution in [0.5, 0.6) is 0 Å². The molecule has 3 amide bonds. The van der Waals surface area contributed by atoms with Gasteiger partial charge in [0.25, 0.3) is 5.91 Å². The Morgan fingerprint density at radius 3 is 2.38 bits per heavy atom. The van der Waals surface area contributed by atoms with Gasteiger partial charge in [0.15, 0.2) is 0 Å². The first kappa shape index (κ1) is 31.7. The van der Waals surface area contributed by atoms with Gasteiger partial charge < -0.3 is 25.6 Å². The molecule has 3 fully saturated rings. The van der Waals surface area contributed by atoms with Crippen molar-refractivity contribution in [3.63, 3.8) is 0 Å². The summed E-state index contributed by atoms with van der Waals surface area (Å²) in [4.78, 5) is 44.4. The van der Waals surface area contributed by atoms with Crippen molar-refractivity contribution in [2.75, 3.05) is 32.8 Å². The molecule has 3 heterocycles. The molecule has 45 heavy (non-hydrogen) atoms. The van der Waals surface area contributed by atoms with Crippen molar-refractivity contribution in [2.24, 2.45) is 5.92 Å². The first-order valence-corrected chi connectivity index (χ1v) is 17.6. The molecular formula is C36H46N4O4S. The van der Waals surface area contributed by atoms with Crippen molar-refractivity contribution < 1.29 is 19.1 Å². The summed E-state index contributed by atoms with van der Waals surface area (Å²) in [6.07, 6.45) is 8.56. The van der Waals surface area contributed by atoms with Crippen LogP contribution >= 0.6 is 11.3 Å². The van der Waals surface area contributed by atoms with Crippen LogP contribution in [0.25, 0.3) is 10.1 Å². The van der Waals surface area contributed by atoms with Crippen molar-refractivity contribution in [1.82, 2.24) is 20.9 Å².